The van der Waals surface area contributed by atoms with Gasteiger partial charge in [-0.05, 0) is 18.4 Å². The van der Waals surface area contributed by atoms with E-state index in [-0.39, 0.29) is 23.1 Å². The molecule has 1 saturated heterocycles. The van der Waals surface area contributed by atoms with Gasteiger partial charge in [0.15, 0.2) is 5.76 Å². The molecule has 2 heterocycles. The highest BCUT2D eigenvalue weighted by Gasteiger charge is 2.28. The number of benzene rings is 1. The summed E-state index contributed by atoms with van der Waals surface area (Å²) in [4.78, 5) is 39.7. The molecule has 0 aliphatic carbocycles. The Morgan fingerprint density at radius 3 is 2.28 bits per heavy atom. The fourth-order valence-electron chi connectivity index (χ4n) is 3.54. The number of carboxylic acid groups (broad SMARTS) is 1. The molecule has 2 aromatic rings. The van der Waals surface area contributed by atoms with Crippen LogP contribution >= 0.6 is 0 Å². The second kappa shape index (κ2) is 9.41. The summed E-state index contributed by atoms with van der Waals surface area (Å²) in [6.07, 6.45) is 2.56. The largest absolute Gasteiger partial charge is 0.478 e. The molecule has 3 rings (SSSR count). The molecule has 29 heavy (non-hydrogen) atoms. The maximum absolute atomic E-state index is 12.6. The van der Waals surface area contributed by atoms with Crippen molar-refractivity contribution in [1.82, 2.24) is 9.80 Å². The van der Waals surface area contributed by atoms with Gasteiger partial charge in [0.1, 0.15) is 11.3 Å². The number of carboxylic acids is 1. The molecule has 1 aromatic carbocycles. The van der Waals surface area contributed by atoms with Crippen molar-refractivity contribution in [3.05, 3.63) is 59.0 Å². The van der Waals surface area contributed by atoms with Gasteiger partial charge in [-0.2, -0.15) is 0 Å². The summed E-state index contributed by atoms with van der Waals surface area (Å²) < 4.78 is 5.46. The average molecular weight is 398 g/mol. The molecule has 0 saturated carbocycles. The van der Waals surface area contributed by atoms with E-state index in [9.17, 15) is 19.5 Å². The van der Waals surface area contributed by atoms with Crippen molar-refractivity contribution in [2.45, 2.75) is 32.6 Å². The van der Waals surface area contributed by atoms with Crippen molar-refractivity contribution in [1.29, 1.82) is 0 Å². The third-order valence-corrected chi connectivity index (χ3v) is 5.19. The SMILES string of the molecule is CCc1oc(C(=O)N2CCN(C(=O)CCCc3ccccc3)CC2)cc1C(=O)O. The highest BCUT2D eigenvalue weighted by Crippen LogP contribution is 2.19. The molecule has 0 radical (unpaired) electrons. The second-order valence-electron chi connectivity index (χ2n) is 7.12. The molecule has 1 aliphatic heterocycles. The maximum Gasteiger partial charge on any atom is 0.339 e. The predicted octanol–water partition coefficient (Wildman–Crippen LogP) is 2.85. The van der Waals surface area contributed by atoms with Gasteiger partial charge >= 0.3 is 5.97 Å². The van der Waals surface area contributed by atoms with E-state index in [1.807, 2.05) is 18.2 Å². The standard InChI is InChI=1S/C22H26N2O5/c1-2-18-17(22(27)28)15-19(29-18)21(26)24-13-11-23(12-14-24)20(25)10-6-9-16-7-4-3-5-8-16/h3-5,7-8,15H,2,6,9-14H2,1H3,(H,27,28). The lowest BCUT2D eigenvalue weighted by Gasteiger charge is -2.34. The lowest BCUT2D eigenvalue weighted by Crippen LogP contribution is -2.50. The Bertz CT molecular complexity index is 867. The van der Waals surface area contributed by atoms with Crippen LogP contribution in [0.1, 0.15) is 52.0 Å². The molecule has 1 fully saturated rings. The summed E-state index contributed by atoms with van der Waals surface area (Å²) in [6, 6.07) is 11.4. The molecule has 0 atom stereocenters. The molecular weight excluding hydrogens is 372 g/mol. The van der Waals surface area contributed by atoms with Crippen molar-refractivity contribution >= 4 is 17.8 Å². The zero-order valence-corrected chi connectivity index (χ0v) is 16.6. The molecule has 0 spiro atoms. The molecule has 1 N–H and O–H groups in total. The Labute approximate surface area is 169 Å². The van der Waals surface area contributed by atoms with E-state index in [0.29, 0.717) is 44.8 Å². The summed E-state index contributed by atoms with van der Waals surface area (Å²) in [7, 11) is 0. The number of carbonyl (C=O) groups excluding carboxylic acids is 2. The molecule has 2 amide bonds. The van der Waals surface area contributed by atoms with Crippen LogP contribution in [0.15, 0.2) is 40.8 Å². The van der Waals surface area contributed by atoms with Crippen molar-refractivity contribution in [2.75, 3.05) is 26.2 Å². The van der Waals surface area contributed by atoms with E-state index in [2.05, 4.69) is 12.1 Å². The molecule has 7 heteroatoms. The first-order valence-electron chi connectivity index (χ1n) is 9.96. The van der Waals surface area contributed by atoms with Crippen molar-refractivity contribution in [3.8, 4) is 0 Å². The van der Waals surface area contributed by atoms with Crippen LogP contribution in [0.4, 0.5) is 0 Å². The third kappa shape index (κ3) is 5.04. The van der Waals surface area contributed by atoms with Gasteiger partial charge in [0.25, 0.3) is 5.91 Å². The minimum absolute atomic E-state index is 0.0306. The second-order valence-corrected chi connectivity index (χ2v) is 7.12. The number of furan rings is 1. The molecule has 1 aliphatic rings. The predicted molar refractivity (Wildman–Crippen MR) is 107 cm³/mol. The van der Waals surface area contributed by atoms with E-state index in [1.165, 1.54) is 11.6 Å². The first kappa shape index (κ1) is 20.6. The zero-order valence-electron chi connectivity index (χ0n) is 16.6. The Morgan fingerprint density at radius 1 is 1.03 bits per heavy atom. The number of hydrogen-bond donors (Lipinski definition) is 1. The zero-order chi connectivity index (χ0) is 20.8. The Kier molecular flexibility index (Phi) is 6.69. The van der Waals surface area contributed by atoms with Gasteiger partial charge in [0.2, 0.25) is 5.91 Å². The number of aromatic carboxylic acids is 1. The van der Waals surface area contributed by atoms with Crippen LogP contribution < -0.4 is 0 Å². The number of rotatable bonds is 7. The van der Waals surface area contributed by atoms with E-state index < -0.39 is 5.97 Å². The van der Waals surface area contributed by atoms with Gasteiger partial charge in [-0.25, -0.2) is 4.79 Å². The van der Waals surface area contributed by atoms with Crippen molar-refractivity contribution < 1.29 is 23.9 Å². The monoisotopic (exact) mass is 398 g/mol. The third-order valence-electron chi connectivity index (χ3n) is 5.19. The molecule has 154 valence electrons. The van der Waals surface area contributed by atoms with E-state index in [0.717, 1.165) is 12.8 Å². The number of nitrogens with zero attached hydrogens (tertiary/aromatic N) is 2. The smallest absolute Gasteiger partial charge is 0.339 e. The minimum Gasteiger partial charge on any atom is -0.478 e. The summed E-state index contributed by atoms with van der Waals surface area (Å²) >= 11 is 0. The normalized spacial score (nSPS) is 14.1. The number of carbonyl (C=O) groups is 3. The van der Waals surface area contributed by atoms with E-state index in [1.54, 1.807) is 16.7 Å². The molecule has 1 aromatic heterocycles. The van der Waals surface area contributed by atoms with Crippen LogP contribution in [0, 0.1) is 0 Å². The van der Waals surface area contributed by atoms with Gasteiger partial charge in [0.05, 0.1) is 0 Å². The van der Waals surface area contributed by atoms with E-state index in [4.69, 9.17) is 4.42 Å². The lowest BCUT2D eigenvalue weighted by atomic mass is 10.1. The quantitative estimate of drug-likeness (QED) is 0.774. The summed E-state index contributed by atoms with van der Waals surface area (Å²) in [5.74, 6) is -0.985. The first-order chi connectivity index (χ1) is 14.0. The summed E-state index contributed by atoms with van der Waals surface area (Å²) in [5.41, 5.74) is 1.25. The van der Waals surface area contributed by atoms with Gasteiger partial charge in [-0.1, -0.05) is 37.3 Å². The number of hydrogen-bond acceptors (Lipinski definition) is 4. The van der Waals surface area contributed by atoms with Crippen LogP contribution in [-0.2, 0) is 17.6 Å². The minimum atomic E-state index is -1.10. The number of aryl methyl sites for hydroxylation is 2. The summed E-state index contributed by atoms with van der Waals surface area (Å²) in [6.45, 7) is 3.55. The molecule has 7 nitrogen and oxygen atoms in total. The Balaban J connectivity index is 1.49. The Hall–Kier alpha value is -3.09. The fourth-order valence-corrected chi connectivity index (χ4v) is 3.54. The number of amides is 2. The van der Waals surface area contributed by atoms with Crippen LogP contribution in [0.5, 0.6) is 0 Å². The van der Waals surface area contributed by atoms with Crippen LogP contribution in [0.2, 0.25) is 0 Å². The molecule has 0 bridgehead atoms. The van der Waals surface area contributed by atoms with Gasteiger partial charge in [0, 0.05) is 45.1 Å². The highest BCUT2D eigenvalue weighted by molar-refractivity contribution is 5.96. The number of piperazine rings is 1. The topological polar surface area (TPSA) is 91.1 Å². The van der Waals surface area contributed by atoms with Crippen molar-refractivity contribution in [3.63, 3.8) is 0 Å². The van der Waals surface area contributed by atoms with E-state index >= 15 is 0 Å². The van der Waals surface area contributed by atoms with Gasteiger partial charge in [-0.3, -0.25) is 9.59 Å². The van der Waals surface area contributed by atoms with Gasteiger partial charge < -0.3 is 19.3 Å². The average Bonchev–Trinajstić information content (AvgIpc) is 3.19. The highest BCUT2D eigenvalue weighted by atomic mass is 16.4. The molecule has 0 unspecified atom stereocenters. The van der Waals surface area contributed by atoms with Crippen LogP contribution in [0.3, 0.4) is 0 Å². The Morgan fingerprint density at radius 2 is 1.69 bits per heavy atom. The van der Waals surface area contributed by atoms with Crippen molar-refractivity contribution in [2.24, 2.45) is 0 Å². The molecular formula is C22H26N2O5. The van der Waals surface area contributed by atoms with Gasteiger partial charge in [-0.15, -0.1) is 0 Å². The lowest BCUT2D eigenvalue weighted by molar-refractivity contribution is -0.132. The van der Waals surface area contributed by atoms with Crippen LogP contribution in [-0.4, -0.2) is 58.9 Å². The summed E-state index contributed by atoms with van der Waals surface area (Å²) in [5, 5.41) is 9.21. The first-order valence-corrected chi connectivity index (χ1v) is 9.96. The maximum atomic E-state index is 12.6. The van der Waals surface area contributed by atoms with Crippen LogP contribution in [0.25, 0.3) is 0 Å². The fraction of sp³-hybridized carbons (Fsp3) is 0.409.